The fourth-order valence-electron chi connectivity index (χ4n) is 4.57. The predicted octanol–water partition coefficient (Wildman–Crippen LogP) is 4.02. The Hall–Kier alpha value is -0.466. The third kappa shape index (κ3) is 3.29. The second-order valence-electron chi connectivity index (χ2n) is 9.33. The molecule has 2 aliphatic rings. The standard InChI is InChI=1S/C20H31N2Si.Li/c1-20(2,3)21-23(4,5)19-15-18(22-13-9-6-10-14-22)16-11-7-8-12-17(16)19;/h7-8,11-12,15,21H,6,9-10,13-14H2,1-5H3;. The summed E-state index contributed by atoms with van der Waals surface area (Å²) in [7, 11) is -1.74. The zero-order chi connectivity index (χ0) is 17.6. The normalized spacial score (nSPS) is 24.8. The molecule has 0 bridgehead atoms. The van der Waals surface area contributed by atoms with Crippen molar-refractivity contribution >= 4 is 31.6 Å². The summed E-state index contributed by atoms with van der Waals surface area (Å²) >= 11 is 2.47. The Bertz CT molecular complexity index is 641. The third-order valence-electron chi connectivity index (χ3n) is 5.87. The molecule has 0 aromatic heterocycles. The first-order chi connectivity index (χ1) is 11.1. The SMILES string of the molecule is [Li][C]1([Si](C)(C)NC(C)(C)C)C=C(N2CCCCC2)c2ccccc21. The van der Waals surface area contributed by atoms with Gasteiger partial charge in [0.2, 0.25) is 0 Å². The maximum absolute atomic E-state index is 4.02. The minimum atomic E-state index is -1.74. The molecule has 1 unspecified atom stereocenters. The third-order valence-corrected chi connectivity index (χ3v) is 10.3. The number of hydrogen-bond donors (Lipinski definition) is 1. The van der Waals surface area contributed by atoms with E-state index in [9.17, 15) is 0 Å². The summed E-state index contributed by atoms with van der Waals surface area (Å²) in [6, 6.07) is 9.12. The van der Waals surface area contributed by atoms with E-state index in [2.05, 4.69) is 91.8 Å². The molecule has 1 aliphatic carbocycles. The van der Waals surface area contributed by atoms with Crippen molar-refractivity contribution in [2.75, 3.05) is 13.1 Å². The number of fused-ring (bicyclic) bond motifs is 1. The number of hydrogen-bond acceptors (Lipinski definition) is 2. The number of piperidine rings is 1. The first-order valence-electron chi connectivity index (χ1n) is 9.51. The van der Waals surface area contributed by atoms with Crippen LogP contribution in [0.1, 0.15) is 51.2 Å². The molecule has 2 nitrogen and oxygen atoms in total. The zero-order valence-electron chi connectivity index (χ0n) is 16.4. The summed E-state index contributed by atoms with van der Waals surface area (Å²) < 4.78 is 0.129. The van der Waals surface area contributed by atoms with Gasteiger partial charge in [0.1, 0.15) is 0 Å². The molecule has 0 amide bonds. The summed E-state index contributed by atoms with van der Waals surface area (Å²) in [6.07, 6.45) is 6.65. The molecular formula is C20H31LiN2Si. The molecule has 1 atom stereocenters. The Kier molecular flexibility index (Phi) is 4.86. The fourth-order valence-corrected chi connectivity index (χ4v) is 8.09. The molecule has 0 saturated carbocycles. The maximum atomic E-state index is 4.02. The molecule has 1 heterocycles. The summed E-state index contributed by atoms with van der Waals surface area (Å²) in [5, 5.41) is 0. The molecule has 0 radical (unpaired) electrons. The van der Waals surface area contributed by atoms with Gasteiger partial charge in [-0.2, -0.15) is 0 Å². The van der Waals surface area contributed by atoms with Gasteiger partial charge < -0.3 is 0 Å². The Morgan fingerprint density at radius 3 is 2.33 bits per heavy atom. The molecular weight excluding hydrogens is 303 g/mol. The Morgan fingerprint density at radius 1 is 1.08 bits per heavy atom. The van der Waals surface area contributed by atoms with E-state index in [-0.39, 0.29) is 9.25 Å². The first-order valence-corrected chi connectivity index (χ1v) is 12.5. The number of rotatable bonds is 3. The van der Waals surface area contributed by atoms with Crippen LogP contribution < -0.4 is 4.98 Å². The van der Waals surface area contributed by atoms with E-state index in [1.165, 1.54) is 49.2 Å². The van der Waals surface area contributed by atoms with Crippen LogP contribution in [0.25, 0.3) is 5.70 Å². The van der Waals surface area contributed by atoms with Crippen molar-refractivity contribution in [3.8, 4) is 0 Å². The topological polar surface area (TPSA) is 15.3 Å². The second kappa shape index (κ2) is 6.36. The minimum absolute atomic E-state index is 0.129. The van der Waals surface area contributed by atoms with Gasteiger partial charge in [0, 0.05) is 0 Å². The van der Waals surface area contributed by atoms with Crippen LogP contribution in [-0.2, 0) is 3.71 Å². The van der Waals surface area contributed by atoms with Crippen molar-refractivity contribution in [3.63, 3.8) is 0 Å². The fraction of sp³-hybridized carbons (Fsp3) is 0.600. The van der Waals surface area contributed by atoms with Gasteiger partial charge in [-0.25, -0.2) is 0 Å². The number of nitrogens with zero attached hydrogens (tertiary/aromatic N) is 1. The predicted molar refractivity (Wildman–Crippen MR) is 108 cm³/mol. The van der Waals surface area contributed by atoms with Gasteiger partial charge >= 0.3 is 158 Å². The Labute approximate surface area is 158 Å². The van der Waals surface area contributed by atoms with Crippen molar-refractivity contribution in [3.05, 3.63) is 41.5 Å². The molecule has 1 N–H and O–H groups in total. The van der Waals surface area contributed by atoms with Crippen molar-refractivity contribution in [2.24, 2.45) is 0 Å². The number of benzene rings is 1. The van der Waals surface area contributed by atoms with Crippen LogP contribution in [0.4, 0.5) is 0 Å². The molecule has 3 rings (SSSR count). The van der Waals surface area contributed by atoms with E-state index >= 15 is 0 Å². The van der Waals surface area contributed by atoms with Crippen LogP contribution in [0.3, 0.4) is 0 Å². The van der Waals surface area contributed by atoms with E-state index in [0.717, 1.165) is 0 Å². The van der Waals surface area contributed by atoms with Gasteiger partial charge in [0.25, 0.3) is 0 Å². The zero-order valence-corrected chi connectivity index (χ0v) is 17.4. The van der Waals surface area contributed by atoms with E-state index in [4.69, 9.17) is 0 Å². The van der Waals surface area contributed by atoms with Crippen LogP contribution in [0.5, 0.6) is 0 Å². The average Bonchev–Trinajstić information content (AvgIpc) is 2.82. The number of nitrogens with one attached hydrogen (secondary N) is 1. The van der Waals surface area contributed by atoms with Gasteiger partial charge in [-0.05, 0) is 0 Å². The first kappa shape index (κ1) is 18.3. The molecule has 1 aromatic carbocycles. The van der Waals surface area contributed by atoms with Crippen LogP contribution in [0, 0.1) is 0 Å². The second-order valence-corrected chi connectivity index (χ2v) is 13.9. The number of likely N-dealkylation sites (tertiary alicyclic amines) is 1. The molecule has 24 heavy (non-hydrogen) atoms. The van der Waals surface area contributed by atoms with E-state index in [1.807, 2.05) is 0 Å². The van der Waals surface area contributed by atoms with Gasteiger partial charge in [-0.15, -0.1) is 0 Å². The molecule has 1 aromatic rings. The van der Waals surface area contributed by atoms with Crippen molar-refractivity contribution in [2.45, 2.75) is 62.4 Å². The van der Waals surface area contributed by atoms with Gasteiger partial charge in [0.15, 0.2) is 0 Å². The van der Waals surface area contributed by atoms with Crippen molar-refractivity contribution in [1.29, 1.82) is 0 Å². The summed E-state index contributed by atoms with van der Waals surface area (Å²) in [5.41, 5.74) is 4.64. The summed E-state index contributed by atoms with van der Waals surface area (Å²) in [6.45, 7) is 14.3. The molecule has 1 saturated heterocycles. The average molecular weight is 335 g/mol. The van der Waals surface area contributed by atoms with Gasteiger partial charge in [-0.3, -0.25) is 0 Å². The van der Waals surface area contributed by atoms with Crippen LogP contribution in [0.15, 0.2) is 30.3 Å². The van der Waals surface area contributed by atoms with E-state index in [0.29, 0.717) is 0 Å². The molecule has 4 heteroatoms. The molecule has 1 aliphatic heterocycles. The van der Waals surface area contributed by atoms with Crippen LogP contribution >= 0.6 is 0 Å². The van der Waals surface area contributed by atoms with E-state index < -0.39 is 8.24 Å². The van der Waals surface area contributed by atoms with Gasteiger partial charge in [-0.1, -0.05) is 0 Å². The molecule has 126 valence electrons. The van der Waals surface area contributed by atoms with Gasteiger partial charge in [0.05, 0.1) is 0 Å². The van der Waals surface area contributed by atoms with E-state index in [1.54, 1.807) is 0 Å². The Morgan fingerprint density at radius 2 is 1.71 bits per heavy atom. The Balaban J connectivity index is 2.05. The molecule has 0 spiro atoms. The summed E-state index contributed by atoms with van der Waals surface area (Å²) in [4.78, 5) is 6.65. The van der Waals surface area contributed by atoms with Crippen LogP contribution in [0.2, 0.25) is 13.1 Å². The monoisotopic (exact) mass is 334 g/mol. The van der Waals surface area contributed by atoms with Crippen LogP contribution in [-0.4, -0.2) is 49.5 Å². The molecule has 1 fully saturated rings. The summed E-state index contributed by atoms with van der Waals surface area (Å²) in [5.74, 6) is 0. The quantitative estimate of drug-likeness (QED) is 0.840. The van der Waals surface area contributed by atoms with Crippen molar-refractivity contribution in [1.82, 2.24) is 9.88 Å². The number of allylic oxidation sites excluding steroid dienone is 1. The van der Waals surface area contributed by atoms with Crippen molar-refractivity contribution < 1.29 is 0 Å².